The summed E-state index contributed by atoms with van der Waals surface area (Å²) in [5, 5.41) is 9.24. The molecule has 28 heavy (non-hydrogen) atoms. The van der Waals surface area contributed by atoms with Crippen molar-refractivity contribution in [3.63, 3.8) is 0 Å². The number of carboxylic acids is 1. The van der Waals surface area contributed by atoms with Crippen LogP contribution in [-0.4, -0.2) is 47.7 Å². The van der Waals surface area contributed by atoms with Crippen molar-refractivity contribution in [1.82, 2.24) is 4.90 Å². The van der Waals surface area contributed by atoms with Crippen LogP contribution in [0.25, 0.3) is 0 Å². The minimum atomic E-state index is -2.32. The van der Waals surface area contributed by atoms with Gasteiger partial charge in [0, 0.05) is 12.3 Å². The zero-order chi connectivity index (χ0) is 21.1. The van der Waals surface area contributed by atoms with E-state index in [-0.39, 0.29) is 6.54 Å². The third kappa shape index (κ3) is 16.6. The Hall–Kier alpha value is -0.340. The van der Waals surface area contributed by atoms with E-state index < -0.39 is 13.1 Å². The second kappa shape index (κ2) is 18.7. The van der Waals surface area contributed by atoms with E-state index in [2.05, 4.69) is 20.8 Å². The van der Waals surface area contributed by atoms with Gasteiger partial charge in [0.15, 0.2) is 0 Å². The first-order valence-electron chi connectivity index (χ1n) is 12.0. The van der Waals surface area contributed by atoms with E-state index in [9.17, 15) is 14.5 Å². The van der Waals surface area contributed by atoms with Crippen molar-refractivity contribution < 1.29 is 14.5 Å². The molecule has 4 nitrogen and oxygen atoms in total. The molecule has 168 valence electrons. The van der Waals surface area contributed by atoms with E-state index in [1.165, 1.54) is 51.4 Å². The van der Waals surface area contributed by atoms with E-state index >= 15 is 0 Å². The molecule has 0 heterocycles. The minimum absolute atomic E-state index is 0.0248. The molecule has 0 aromatic heterocycles. The summed E-state index contributed by atoms with van der Waals surface area (Å²) in [5.74, 6) is -0.804. The summed E-state index contributed by atoms with van der Waals surface area (Å²) in [7, 11) is -2.32. The van der Waals surface area contributed by atoms with Crippen LogP contribution in [0, 0.1) is 0 Å². The van der Waals surface area contributed by atoms with Crippen LogP contribution in [0.15, 0.2) is 0 Å². The molecule has 1 N–H and O–H groups in total. The highest BCUT2D eigenvalue weighted by atomic mass is 31.2. The molecule has 0 aliphatic carbocycles. The number of rotatable bonds is 21. The third-order valence-corrected chi connectivity index (χ3v) is 8.66. The second-order valence-corrected chi connectivity index (χ2v) is 11.8. The Labute approximate surface area is 175 Å². The molecule has 0 aromatic carbocycles. The van der Waals surface area contributed by atoms with Gasteiger partial charge in [-0.05, 0) is 25.8 Å². The number of hydrogen-bond donors (Lipinski definition) is 1. The summed E-state index contributed by atoms with van der Waals surface area (Å²) in [6, 6.07) is 0. The van der Waals surface area contributed by atoms with E-state index in [0.29, 0.717) is 6.29 Å². The molecule has 0 amide bonds. The molecule has 0 fully saturated rings. The van der Waals surface area contributed by atoms with Crippen LogP contribution >= 0.6 is 7.14 Å². The first-order valence-corrected chi connectivity index (χ1v) is 14.2. The molecule has 0 aliphatic rings. The van der Waals surface area contributed by atoms with Gasteiger partial charge in [0.05, 0.1) is 12.8 Å². The van der Waals surface area contributed by atoms with Crippen LogP contribution in [0.5, 0.6) is 0 Å². The van der Waals surface area contributed by atoms with E-state index in [1.807, 2.05) is 4.90 Å². The van der Waals surface area contributed by atoms with Gasteiger partial charge in [0.1, 0.15) is 7.14 Å². The van der Waals surface area contributed by atoms with Gasteiger partial charge in [0.2, 0.25) is 0 Å². The number of hydrogen-bond acceptors (Lipinski definition) is 3. The maximum atomic E-state index is 13.7. The van der Waals surface area contributed by atoms with Gasteiger partial charge in [-0.25, -0.2) is 0 Å². The van der Waals surface area contributed by atoms with Crippen molar-refractivity contribution in [3.05, 3.63) is 0 Å². The molecule has 5 heteroatoms. The van der Waals surface area contributed by atoms with Crippen molar-refractivity contribution in [3.8, 4) is 0 Å². The predicted molar refractivity (Wildman–Crippen MR) is 123 cm³/mol. The van der Waals surface area contributed by atoms with Gasteiger partial charge in [0.25, 0.3) is 0 Å². The lowest BCUT2D eigenvalue weighted by Gasteiger charge is -2.27. The Balaban J connectivity index is 4.63. The Morgan fingerprint density at radius 2 is 1.14 bits per heavy atom. The maximum absolute atomic E-state index is 13.7. The highest BCUT2D eigenvalue weighted by Gasteiger charge is 2.25. The third-order valence-electron chi connectivity index (χ3n) is 5.48. The summed E-state index contributed by atoms with van der Waals surface area (Å²) >= 11 is 0. The summed E-state index contributed by atoms with van der Waals surface area (Å²) in [4.78, 5) is 13.2. The zero-order valence-electron chi connectivity index (χ0n) is 19.1. The van der Waals surface area contributed by atoms with Crippen molar-refractivity contribution in [2.24, 2.45) is 0 Å². The SMILES string of the molecule is CCCCCCCCP(=O)(CCCCCCCC)CN(CCCC)CC(=O)O. The fourth-order valence-electron chi connectivity index (χ4n) is 3.75. The topological polar surface area (TPSA) is 57.6 Å². The molecule has 0 bridgehead atoms. The second-order valence-electron chi connectivity index (χ2n) is 8.48. The Morgan fingerprint density at radius 3 is 1.57 bits per heavy atom. The Bertz CT molecular complexity index is 395. The smallest absolute Gasteiger partial charge is 0.317 e. The highest BCUT2D eigenvalue weighted by molar-refractivity contribution is 7.63. The molecule has 0 aliphatic heterocycles. The summed E-state index contributed by atoms with van der Waals surface area (Å²) < 4.78 is 13.7. The van der Waals surface area contributed by atoms with Crippen molar-refractivity contribution in [1.29, 1.82) is 0 Å². The monoisotopic (exact) mass is 417 g/mol. The van der Waals surface area contributed by atoms with Gasteiger partial charge in [-0.1, -0.05) is 91.4 Å². The van der Waals surface area contributed by atoms with Gasteiger partial charge in [-0.3, -0.25) is 9.69 Å². The molecule has 0 aromatic rings. The lowest BCUT2D eigenvalue weighted by molar-refractivity contribution is -0.138. The Morgan fingerprint density at radius 1 is 0.714 bits per heavy atom. The molecular formula is C23H48NO3P. The lowest BCUT2D eigenvalue weighted by atomic mass is 10.1. The van der Waals surface area contributed by atoms with Crippen molar-refractivity contribution >= 4 is 13.1 Å². The first kappa shape index (κ1) is 27.7. The minimum Gasteiger partial charge on any atom is -0.480 e. The average molecular weight is 418 g/mol. The van der Waals surface area contributed by atoms with Gasteiger partial charge >= 0.3 is 5.97 Å². The number of carbonyl (C=O) groups is 1. The first-order chi connectivity index (χ1) is 13.5. The van der Waals surface area contributed by atoms with Crippen LogP contribution in [0.2, 0.25) is 0 Å². The van der Waals surface area contributed by atoms with Crippen LogP contribution in [-0.2, 0) is 9.36 Å². The largest absolute Gasteiger partial charge is 0.480 e. The molecule has 0 saturated carbocycles. The van der Waals surface area contributed by atoms with E-state index in [1.54, 1.807) is 0 Å². The maximum Gasteiger partial charge on any atom is 0.317 e. The Kier molecular flexibility index (Phi) is 18.4. The molecule has 0 radical (unpaired) electrons. The normalized spacial score (nSPS) is 12.0. The van der Waals surface area contributed by atoms with E-state index in [0.717, 1.165) is 57.4 Å². The van der Waals surface area contributed by atoms with Crippen LogP contribution < -0.4 is 0 Å². The number of nitrogens with zero attached hydrogens (tertiary/aromatic N) is 1. The fraction of sp³-hybridized carbons (Fsp3) is 0.957. The molecule has 0 rings (SSSR count). The molecule has 0 atom stereocenters. The summed E-state index contributed by atoms with van der Waals surface area (Å²) in [6.45, 7) is 7.34. The number of carboxylic acid groups (broad SMARTS) is 1. The number of unbranched alkanes of at least 4 members (excludes halogenated alkanes) is 11. The average Bonchev–Trinajstić information content (AvgIpc) is 2.65. The summed E-state index contributed by atoms with van der Waals surface area (Å²) in [5.41, 5.74) is 0. The van der Waals surface area contributed by atoms with Gasteiger partial charge in [-0.15, -0.1) is 0 Å². The highest BCUT2D eigenvalue weighted by Crippen LogP contribution is 2.48. The quantitative estimate of drug-likeness (QED) is 0.158. The van der Waals surface area contributed by atoms with E-state index in [4.69, 9.17) is 0 Å². The molecule has 0 spiro atoms. The molecule has 0 unspecified atom stereocenters. The summed E-state index contributed by atoms with van der Waals surface area (Å²) in [6.07, 6.45) is 18.6. The van der Waals surface area contributed by atoms with Crippen LogP contribution in [0.1, 0.15) is 111 Å². The standard InChI is InChI=1S/C23H48NO3P/c1-4-7-10-12-14-16-19-28(27,20-17-15-13-11-8-5-2)22-24(18-9-6-3)21-23(25)26/h4-22H2,1-3H3,(H,25,26). The predicted octanol–water partition coefficient (Wildman–Crippen LogP) is 7.21. The van der Waals surface area contributed by atoms with Crippen molar-refractivity contribution in [2.75, 3.05) is 31.7 Å². The van der Waals surface area contributed by atoms with Crippen LogP contribution in [0.3, 0.4) is 0 Å². The molecular weight excluding hydrogens is 369 g/mol. The van der Waals surface area contributed by atoms with Crippen molar-refractivity contribution in [2.45, 2.75) is 111 Å². The zero-order valence-corrected chi connectivity index (χ0v) is 20.0. The lowest BCUT2D eigenvalue weighted by Crippen LogP contribution is -2.32. The number of aliphatic carboxylic acids is 1. The molecule has 0 saturated heterocycles. The van der Waals surface area contributed by atoms with Crippen LogP contribution in [0.4, 0.5) is 0 Å². The van der Waals surface area contributed by atoms with Gasteiger partial charge < -0.3 is 9.67 Å². The van der Waals surface area contributed by atoms with Gasteiger partial charge in [-0.2, -0.15) is 0 Å². The fourth-order valence-corrected chi connectivity index (χ4v) is 6.83.